The van der Waals surface area contributed by atoms with Crippen molar-refractivity contribution in [2.24, 2.45) is 0 Å². The van der Waals surface area contributed by atoms with Crippen molar-refractivity contribution < 1.29 is 9.21 Å². The zero-order valence-electron chi connectivity index (χ0n) is 13.9. The molecule has 4 aromatic rings. The summed E-state index contributed by atoms with van der Waals surface area (Å²) in [5.41, 5.74) is 2.68. The second-order valence-electron chi connectivity index (χ2n) is 6.25. The minimum absolute atomic E-state index is 0.0706. The summed E-state index contributed by atoms with van der Waals surface area (Å²) in [5.74, 6) is -0.0706. The van der Waals surface area contributed by atoms with Crippen LogP contribution in [0.3, 0.4) is 0 Å². The fourth-order valence-electron chi connectivity index (χ4n) is 3.20. The van der Waals surface area contributed by atoms with E-state index in [1.807, 2.05) is 35.2 Å². The number of benzene rings is 1. The molecule has 8 heteroatoms. The number of anilines is 1. The molecule has 1 aliphatic rings. The van der Waals surface area contributed by atoms with Crippen molar-refractivity contribution in [3.63, 3.8) is 0 Å². The monoisotopic (exact) mass is 348 g/mol. The smallest absolute Gasteiger partial charge is 0.298 e. The molecule has 4 heterocycles. The Morgan fingerprint density at radius 2 is 1.88 bits per heavy atom. The first-order valence-corrected chi connectivity index (χ1v) is 8.48. The Bertz CT molecular complexity index is 1060. The molecule has 1 saturated heterocycles. The number of piperazine rings is 1. The van der Waals surface area contributed by atoms with Crippen LogP contribution in [0.15, 0.2) is 47.0 Å². The average molecular weight is 348 g/mol. The lowest BCUT2D eigenvalue weighted by Crippen LogP contribution is -2.49. The first kappa shape index (κ1) is 14.9. The molecule has 8 nitrogen and oxygen atoms in total. The molecule has 0 aliphatic carbocycles. The van der Waals surface area contributed by atoms with E-state index in [9.17, 15) is 4.79 Å². The number of para-hydroxylation sites is 2. The second-order valence-corrected chi connectivity index (χ2v) is 6.25. The highest BCUT2D eigenvalue weighted by atomic mass is 16.4. The van der Waals surface area contributed by atoms with Gasteiger partial charge in [0.15, 0.2) is 11.2 Å². The lowest BCUT2D eigenvalue weighted by atomic mass is 10.2. The number of H-pyrrole nitrogens is 1. The summed E-state index contributed by atoms with van der Waals surface area (Å²) < 4.78 is 5.82. The molecular formula is C18H16N6O2. The molecule has 0 bridgehead atoms. The Hall–Kier alpha value is -3.42. The number of hydrogen-bond acceptors (Lipinski definition) is 6. The molecule has 1 fully saturated rings. The van der Waals surface area contributed by atoms with Gasteiger partial charge in [-0.1, -0.05) is 12.1 Å². The van der Waals surface area contributed by atoms with Crippen molar-refractivity contribution in [1.82, 2.24) is 25.1 Å². The van der Waals surface area contributed by atoms with Crippen LogP contribution in [-0.2, 0) is 0 Å². The van der Waals surface area contributed by atoms with E-state index in [0.717, 1.165) is 16.5 Å². The van der Waals surface area contributed by atoms with Gasteiger partial charge in [-0.2, -0.15) is 10.1 Å². The van der Waals surface area contributed by atoms with Crippen LogP contribution in [0, 0.1) is 0 Å². The Morgan fingerprint density at radius 1 is 1.04 bits per heavy atom. The Morgan fingerprint density at radius 3 is 2.73 bits per heavy atom. The number of nitrogens with zero attached hydrogens (tertiary/aromatic N) is 5. The van der Waals surface area contributed by atoms with Crippen LogP contribution >= 0.6 is 0 Å². The molecule has 0 unspecified atom stereocenters. The zero-order chi connectivity index (χ0) is 17.5. The third kappa shape index (κ3) is 2.46. The van der Waals surface area contributed by atoms with Crippen LogP contribution in [0.4, 0.5) is 6.01 Å². The van der Waals surface area contributed by atoms with E-state index < -0.39 is 0 Å². The van der Waals surface area contributed by atoms with Crippen LogP contribution in [0.1, 0.15) is 10.5 Å². The third-order valence-corrected chi connectivity index (χ3v) is 4.64. The van der Waals surface area contributed by atoms with Gasteiger partial charge in [-0.3, -0.25) is 9.89 Å². The number of rotatable bonds is 2. The molecule has 0 atom stereocenters. The van der Waals surface area contributed by atoms with Gasteiger partial charge in [0.05, 0.1) is 6.20 Å². The van der Waals surface area contributed by atoms with Gasteiger partial charge in [-0.25, -0.2) is 4.98 Å². The molecule has 1 N–H and O–H groups in total. The highest BCUT2D eigenvalue weighted by Gasteiger charge is 2.25. The Balaban J connectivity index is 1.30. The highest BCUT2D eigenvalue weighted by Crippen LogP contribution is 2.23. The number of aromatic amines is 1. The van der Waals surface area contributed by atoms with E-state index in [0.29, 0.717) is 43.5 Å². The van der Waals surface area contributed by atoms with Crippen LogP contribution in [-0.4, -0.2) is 57.2 Å². The topological polar surface area (TPSA) is 91.2 Å². The van der Waals surface area contributed by atoms with Crippen LogP contribution in [0.2, 0.25) is 0 Å². The summed E-state index contributed by atoms with van der Waals surface area (Å²) in [6, 6.07) is 11.9. The van der Waals surface area contributed by atoms with Crippen molar-refractivity contribution in [1.29, 1.82) is 0 Å². The van der Waals surface area contributed by atoms with Crippen molar-refractivity contribution in [2.75, 3.05) is 31.1 Å². The minimum Gasteiger partial charge on any atom is -0.423 e. The summed E-state index contributed by atoms with van der Waals surface area (Å²) in [6.07, 6.45) is 1.69. The zero-order valence-corrected chi connectivity index (χ0v) is 13.9. The van der Waals surface area contributed by atoms with Gasteiger partial charge in [0, 0.05) is 31.6 Å². The van der Waals surface area contributed by atoms with Crippen LogP contribution in [0.5, 0.6) is 0 Å². The molecule has 5 rings (SSSR count). The molecule has 26 heavy (non-hydrogen) atoms. The van der Waals surface area contributed by atoms with E-state index in [2.05, 4.69) is 25.1 Å². The SMILES string of the molecule is O=C(c1ccc2cn[nH]c2n1)N1CCN(c2nc3ccccc3o2)CC1. The molecule has 0 saturated carbocycles. The minimum atomic E-state index is -0.0706. The maximum Gasteiger partial charge on any atom is 0.298 e. The number of nitrogens with one attached hydrogen (secondary N) is 1. The van der Waals surface area contributed by atoms with Gasteiger partial charge in [0.1, 0.15) is 11.2 Å². The summed E-state index contributed by atoms with van der Waals surface area (Å²) in [5, 5.41) is 7.63. The van der Waals surface area contributed by atoms with Crippen molar-refractivity contribution in [3.8, 4) is 0 Å². The number of amides is 1. The van der Waals surface area contributed by atoms with Crippen molar-refractivity contribution >= 4 is 34.1 Å². The molecule has 1 aliphatic heterocycles. The number of pyridine rings is 1. The number of hydrogen-bond donors (Lipinski definition) is 1. The molecule has 0 radical (unpaired) electrons. The summed E-state index contributed by atoms with van der Waals surface area (Å²) >= 11 is 0. The lowest BCUT2D eigenvalue weighted by Gasteiger charge is -2.33. The highest BCUT2D eigenvalue weighted by molar-refractivity contribution is 5.94. The van der Waals surface area contributed by atoms with E-state index in [1.54, 1.807) is 12.3 Å². The van der Waals surface area contributed by atoms with E-state index >= 15 is 0 Å². The molecular weight excluding hydrogens is 332 g/mol. The van der Waals surface area contributed by atoms with Crippen LogP contribution < -0.4 is 4.90 Å². The van der Waals surface area contributed by atoms with Gasteiger partial charge in [0.25, 0.3) is 11.9 Å². The third-order valence-electron chi connectivity index (χ3n) is 4.64. The average Bonchev–Trinajstić information content (AvgIpc) is 3.33. The molecule has 1 aromatic carbocycles. The fourth-order valence-corrected chi connectivity index (χ4v) is 3.20. The van der Waals surface area contributed by atoms with E-state index in [4.69, 9.17) is 4.42 Å². The van der Waals surface area contributed by atoms with E-state index in [-0.39, 0.29) is 5.91 Å². The molecule has 3 aromatic heterocycles. The number of aromatic nitrogens is 4. The number of carbonyl (C=O) groups is 1. The van der Waals surface area contributed by atoms with E-state index in [1.165, 1.54) is 0 Å². The predicted octanol–water partition coefficient (Wildman–Crippen LogP) is 2.06. The quantitative estimate of drug-likeness (QED) is 0.596. The summed E-state index contributed by atoms with van der Waals surface area (Å²) in [6.45, 7) is 2.54. The number of oxazole rings is 1. The summed E-state index contributed by atoms with van der Waals surface area (Å²) in [7, 11) is 0. The predicted molar refractivity (Wildman–Crippen MR) is 96.0 cm³/mol. The second kappa shape index (κ2) is 5.83. The first-order chi connectivity index (χ1) is 12.8. The van der Waals surface area contributed by atoms with Gasteiger partial charge in [0.2, 0.25) is 0 Å². The maximum atomic E-state index is 12.7. The van der Waals surface area contributed by atoms with Crippen molar-refractivity contribution in [3.05, 3.63) is 48.3 Å². The van der Waals surface area contributed by atoms with Gasteiger partial charge in [-0.05, 0) is 24.3 Å². The fraction of sp³-hybridized carbons (Fsp3) is 0.222. The standard InChI is InChI=1S/C18H16N6O2/c25-17(14-6-5-12-11-19-22-16(12)20-14)23-7-9-24(10-8-23)18-21-13-3-1-2-4-15(13)26-18/h1-6,11H,7-10H2,(H,19,20,22). The molecule has 1 amide bonds. The number of fused-ring (bicyclic) bond motifs is 2. The largest absolute Gasteiger partial charge is 0.423 e. The van der Waals surface area contributed by atoms with Gasteiger partial charge >= 0.3 is 0 Å². The van der Waals surface area contributed by atoms with Crippen LogP contribution in [0.25, 0.3) is 22.1 Å². The maximum absolute atomic E-state index is 12.7. The first-order valence-electron chi connectivity index (χ1n) is 8.48. The van der Waals surface area contributed by atoms with Gasteiger partial charge < -0.3 is 14.2 Å². The summed E-state index contributed by atoms with van der Waals surface area (Å²) in [4.78, 5) is 25.5. The normalized spacial score (nSPS) is 15.1. The Labute approximate surface area is 148 Å². The molecule has 130 valence electrons. The van der Waals surface area contributed by atoms with Crippen molar-refractivity contribution in [2.45, 2.75) is 0 Å². The number of carbonyl (C=O) groups excluding carboxylic acids is 1. The molecule has 0 spiro atoms. The van der Waals surface area contributed by atoms with Gasteiger partial charge in [-0.15, -0.1) is 0 Å². The lowest BCUT2D eigenvalue weighted by molar-refractivity contribution is 0.0739. The Kier molecular flexibility index (Phi) is 3.34.